The van der Waals surface area contributed by atoms with E-state index in [0.29, 0.717) is 5.02 Å². The van der Waals surface area contributed by atoms with Crippen molar-refractivity contribution in [3.63, 3.8) is 0 Å². The maximum atomic E-state index is 6.08. The van der Waals surface area contributed by atoms with E-state index in [-0.39, 0.29) is 0 Å². The fourth-order valence-corrected chi connectivity index (χ4v) is 4.63. The zero-order chi connectivity index (χ0) is 20.8. The molecule has 0 aliphatic rings. The van der Waals surface area contributed by atoms with Crippen LogP contribution in [-0.2, 0) is 0 Å². The maximum absolute atomic E-state index is 6.08. The molecule has 0 saturated carbocycles. The lowest BCUT2D eigenvalue weighted by Gasteiger charge is -2.05. The third-order valence-corrected chi connectivity index (χ3v) is 6.44. The van der Waals surface area contributed by atoms with Crippen LogP contribution in [0.5, 0.6) is 0 Å². The highest BCUT2D eigenvalue weighted by Gasteiger charge is 2.18. The van der Waals surface area contributed by atoms with E-state index in [9.17, 15) is 0 Å². The van der Waals surface area contributed by atoms with Crippen molar-refractivity contribution in [1.29, 1.82) is 0 Å². The third-order valence-electron chi connectivity index (χ3n) is 5.31. The summed E-state index contributed by atoms with van der Waals surface area (Å²) in [7, 11) is 0. The predicted molar refractivity (Wildman–Crippen MR) is 128 cm³/mol. The molecule has 0 radical (unpaired) electrons. The summed E-state index contributed by atoms with van der Waals surface area (Å²) in [5, 5.41) is 20.2. The molecular formula is C25H15ClN4S. The van der Waals surface area contributed by atoms with Crippen LogP contribution < -0.4 is 0 Å². The lowest BCUT2D eigenvalue weighted by Crippen LogP contribution is -1.95. The first-order valence-corrected chi connectivity index (χ1v) is 11.1. The van der Waals surface area contributed by atoms with Gasteiger partial charge in [-0.2, -0.15) is 5.10 Å². The van der Waals surface area contributed by atoms with Crippen LogP contribution in [0.25, 0.3) is 49.2 Å². The van der Waals surface area contributed by atoms with E-state index in [0.717, 1.165) is 43.8 Å². The van der Waals surface area contributed by atoms with E-state index >= 15 is 0 Å². The van der Waals surface area contributed by atoms with E-state index in [1.165, 1.54) is 5.39 Å². The second kappa shape index (κ2) is 7.30. The molecule has 31 heavy (non-hydrogen) atoms. The van der Waals surface area contributed by atoms with Crippen molar-refractivity contribution < 1.29 is 0 Å². The number of aromatic nitrogens is 4. The molecule has 0 atom stereocenters. The zero-order valence-electron chi connectivity index (χ0n) is 16.2. The summed E-state index contributed by atoms with van der Waals surface area (Å²) < 4.78 is 1.87. The first kappa shape index (κ1) is 18.2. The van der Waals surface area contributed by atoms with E-state index in [1.54, 1.807) is 11.3 Å². The Balaban J connectivity index is 1.61. The van der Waals surface area contributed by atoms with Gasteiger partial charge in [0.1, 0.15) is 16.9 Å². The molecule has 0 aliphatic carbocycles. The molecule has 6 heteroatoms. The fourth-order valence-electron chi connectivity index (χ4n) is 3.78. The molecule has 6 rings (SSSR count). The van der Waals surface area contributed by atoms with Gasteiger partial charge in [0.2, 0.25) is 0 Å². The van der Waals surface area contributed by atoms with Crippen molar-refractivity contribution in [3.8, 4) is 27.5 Å². The number of hydrogen-bond donors (Lipinski definition) is 0. The van der Waals surface area contributed by atoms with Crippen LogP contribution in [0, 0.1) is 0 Å². The molecule has 0 unspecified atom stereocenters. The third kappa shape index (κ3) is 3.19. The second-order valence-corrected chi connectivity index (χ2v) is 8.63. The monoisotopic (exact) mass is 438 g/mol. The smallest absolute Gasteiger partial charge is 0.123 e. The number of fused-ring (bicyclic) bond motifs is 2. The summed E-state index contributed by atoms with van der Waals surface area (Å²) in [4.78, 5) is 1.07. The van der Waals surface area contributed by atoms with E-state index in [4.69, 9.17) is 16.7 Å². The molecule has 0 amide bonds. The highest BCUT2D eigenvalue weighted by Crippen LogP contribution is 2.35. The summed E-state index contributed by atoms with van der Waals surface area (Å²) in [6.45, 7) is 0. The van der Waals surface area contributed by atoms with Gasteiger partial charge in [-0.3, -0.25) is 0 Å². The van der Waals surface area contributed by atoms with E-state index in [2.05, 4.69) is 46.6 Å². The molecule has 3 heterocycles. The number of halogens is 1. The van der Waals surface area contributed by atoms with Crippen LogP contribution in [0.4, 0.5) is 0 Å². The standard InChI is InChI=1S/C25H15ClN4S/c26-19-9-11-20(12-10-19)30-15-21-24(22-6-3-13-31-22)28-27-23(25(21)29-30)18-8-7-16-4-1-2-5-17(16)14-18/h1-15H. The van der Waals surface area contributed by atoms with Crippen molar-refractivity contribution >= 4 is 44.6 Å². The molecular weight excluding hydrogens is 424 g/mol. The molecule has 148 valence electrons. The highest BCUT2D eigenvalue weighted by molar-refractivity contribution is 7.13. The van der Waals surface area contributed by atoms with Crippen LogP contribution in [-0.4, -0.2) is 20.0 Å². The molecule has 0 spiro atoms. The molecule has 0 N–H and O–H groups in total. The Labute approximate surface area is 187 Å². The van der Waals surface area contributed by atoms with Crippen LogP contribution in [0.15, 0.2) is 90.4 Å². The van der Waals surface area contributed by atoms with Gasteiger partial charge < -0.3 is 0 Å². The maximum Gasteiger partial charge on any atom is 0.123 e. The van der Waals surface area contributed by atoms with E-state index < -0.39 is 0 Å². The first-order chi connectivity index (χ1) is 15.3. The number of nitrogens with zero attached hydrogens (tertiary/aromatic N) is 4. The quantitative estimate of drug-likeness (QED) is 0.298. The highest BCUT2D eigenvalue weighted by atomic mass is 35.5. The van der Waals surface area contributed by atoms with Crippen molar-refractivity contribution in [2.75, 3.05) is 0 Å². The molecule has 4 nitrogen and oxygen atoms in total. The summed E-state index contributed by atoms with van der Waals surface area (Å²) in [5.74, 6) is 0. The van der Waals surface area contributed by atoms with Gasteiger partial charge in [0.05, 0.1) is 16.0 Å². The number of rotatable bonds is 3. The normalized spacial score (nSPS) is 11.4. The van der Waals surface area contributed by atoms with Gasteiger partial charge in [-0.05, 0) is 52.6 Å². The Bertz CT molecular complexity index is 1540. The van der Waals surface area contributed by atoms with Crippen LogP contribution in [0.1, 0.15) is 0 Å². The summed E-state index contributed by atoms with van der Waals surface area (Å²) >= 11 is 7.72. The molecule has 0 aliphatic heterocycles. The van der Waals surface area contributed by atoms with Gasteiger partial charge in [0.25, 0.3) is 0 Å². The molecule has 0 fully saturated rings. The second-order valence-electron chi connectivity index (χ2n) is 7.25. The van der Waals surface area contributed by atoms with Crippen molar-refractivity contribution in [2.45, 2.75) is 0 Å². The SMILES string of the molecule is Clc1ccc(-n2cc3c(-c4cccs4)nnc(-c4ccc5ccccc5c4)c3n2)cc1. The lowest BCUT2D eigenvalue weighted by atomic mass is 10.0. The molecule has 6 aromatic rings. The summed E-state index contributed by atoms with van der Waals surface area (Å²) in [6.07, 6.45) is 2.02. The average Bonchev–Trinajstić information content (AvgIpc) is 3.49. The topological polar surface area (TPSA) is 43.6 Å². The Hall–Kier alpha value is -3.54. The van der Waals surface area contributed by atoms with Gasteiger partial charge in [-0.15, -0.1) is 21.5 Å². The largest absolute Gasteiger partial charge is 0.240 e. The van der Waals surface area contributed by atoms with Crippen molar-refractivity contribution in [3.05, 3.63) is 95.5 Å². The van der Waals surface area contributed by atoms with Gasteiger partial charge in [-0.25, -0.2) is 4.68 Å². The van der Waals surface area contributed by atoms with Crippen molar-refractivity contribution in [2.24, 2.45) is 0 Å². The number of thiophene rings is 1. The average molecular weight is 439 g/mol. The molecule has 3 aromatic heterocycles. The van der Waals surface area contributed by atoms with Crippen LogP contribution in [0.2, 0.25) is 5.02 Å². The summed E-state index contributed by atoms with van der Waals surface area (Å²) in [6, 6.07) is 26.4. The Morgan fingerprint density at radius 2 is 1.58 bits per heavy atom. The predicted octanol–water partition coefficient (Wildman–Crippen LogP) is 7.02. The van der Waals surface area contributed by atoms with Crippen molar-refractivity contribution in [1.82, 2.24) is 20.0 Å². The minimum atomic E-state index is 0.694. The lowest BCUT2D eigenvalue weighted by molar-refractivity contribution is 0.895. The minimum absolute atomic E-state index is 0.694. The van der Waals surface area contributed by atoms with E-state index in [1.807, 2.05) is 58.7 Å². The number of benzene rings is 3. The summed E-state index contributed by atoms with van der Waals surface area (Å²) in [5.41, 5.74) is 4.37. The molecule has 3 aromatic carbocycles. The molecule has 0 saturated heterocycles. The number of hydrogen-bond acceptors (Lipinski definition) is 4. The van der Waals surface area contributed by atoms with Gasteiger partial charge in [-0.1, -0.05) is 54.1 Å². The van der Waals surface area contributed by atoms with Crippen LogP contribution >= 0.6 is 22.9 Å². The van der Waals surface area contributed by atoms with Gasteiger partial charge >= 0.3 is 0 Å². The Morgan fingerprint density at radius 3 is 2.39 bits per heavy atom. The fraction of sp³-hybridized carbons (Fsp3) is 0. The van der Waals surface area contributed by atoms with Crippen LogP contribution in [0.3, 0.4) is 0 Å². The Morgan fingerprint density at radius 1 is 0.774 bits per heavy atom. The Kier molecular flexibility index (Phi) is 4.30. The van der Waals surface area contributed by atoms with Gasteiger partial charge in [0, 0.05) is 16.8 Å². The van der Waals surface area contributed by atoms with Gasteiger partial charge in [0.15, 0.2) is 0 Å². The minimum Gasteiger partial charge on any atom is -0.240 e. The first-order valence-electron chi connectivity index (χ1n) is 9.81. The zero-order valence-corrected chi connectivity index (χ0v) is 17.8. The molecule has 0 bridgehead atoms.